The van der Waals surface area contributed by atoms with Crippen LogP contribution >= 0.6 is 0 Å². The molecule has 0 spiro atoms. The molecule has 2 atom stereocenters. The van der Waals surface area contributed by atoms with Crippen molar-refractivity contribution in [2.45, 2.75) is 44.8 Å². The molecule has 2 fully saturated rings. The van der Waals surface area contributed by atoms with E-state index in [2.05, 4.69) is 15.5 Å². The van der Waals surface area contributed by atoms with Crippen molar-refractivity contribution >= 4 is 17.7 Å². The first-order valence-corrected chi connectivity index (χ1v) is 10.2. The maximum Gasteiger partial charge on any atom is 0.255 e. The molecule has 7 nitrogen and oxygen atoms in total. The first kappa shape index (κ1) is 19.1. The summed E-state index contributed by atoms with van der Waals surface area (Å²) in [6.07, 6.45) is 3.10. The van der Waals surface area contributed by atoms with Crippen LogP contribution in [0, 0.1) is 5.92 Å². The number of imide groups is 1. The average molecular weight is 384 g/mol. The van der Waals surface area contributed by atoms with Gasteiger partial charge in [-0.2, -0.15) is 0 Å². The minimum atomic E-state index is -0.555. The highest BCUT2D eigenvalue weighted by Crippen LogP contribution is 2.31. The molecule has 1 aromatic carbocycles. The fourth-order valence-corrected chi connectivity index (χ4v) is 4.81. The van der Waals surface area contributed by atoms with E-state index in [1.54, 1.807) is 4.90 Å². The van der Waals surface area contributed by atoms with E-state index < -0.39 is 6.04 Å². The molecular weight excluding hydrogens is 356 g/mol. The van der Waals surface area contributed by atoms with Gasteiger partial charge in [0.25, 0.3) is 5.91 Å². The van der Waals surface area contributed by atoms with Crippen LogP contribution in [-0.2, 0) is 22.7 Å². The lowest BCUT2D eigenvalue weighted by atomic mass is 9.96. The Kier molecular flexibility index (Phi) is 5.46. The van der Waals surface area contributed by atoms with Crippen molar-refractivity contribution in [3.8, 4) is 0 Å². The molecule has 1 aromatic rings. The van der Waals surface area contributed by atoms with E-state index >= 15 is 0 Å². The van der Waals surface area contributed by atoms with Crippen LogP contribution in [-0.4, -0.2) is 60.2 Å². The smallest absolute Gasteiger partial charge is 0.255 e. The van der Waals surface area contributed by atoms with Gasteiger partial charge >= 0.3 is 0 Å². The van der Waals surface area contributed by atoms with Crippen molar-refractivity contribution in [2.75, 3.05) is 26.7 Å². The van der Waals surface area contributed by atoms with Crippen LogP contribution in [0.4, 0.5) is 0 Å². The summed E-state index contributed by atoms with van der Waals surface area (Å²) in [5, 5.41) is 5.64. The van der Waals surface area contributed by atoms with E-state index in [0.717, 1.165) is 42.9 Å². The molecule has 2 saturated heterocycles. The van der Waals surface area contributed by atoms with Gasteiger partial charge in [0.05, 0.1) is 0 Å². The number of amides is 3. The van der Waals surface area contributed by atoms with E-state index in [1.807, 2.05) is 25.2 Å². The minimum absolute atomic E-state index is 0.0797. The zero-order chi connectivity index (χ0) is 19.7. The summed E-state index contributed by atoms with van der Waals surface area (Å²) in [6.45, 7) is 4.31. The summed E-state index contributed by atoms with van der Waals surface area (Å²) < 4.78 is 0. The van der Waals surface area contributed by atoms with Gasteiger partial charge in [0.2, 0.25) is 11.8 Å². The Morgan fingerprint density at radius 3 is 2.86 bits per heavy atom. The van der Waals surface area contributed by atoms with Gasteiger partial charge in [0.15, 0.2) is 0 Å². The molecule has 2 N–H and O–H groups in total. The molecule has 3 aliphatic rings. The van der Waals surface area contributed by atoms with Crippen molar-refractivity contribution in [1.29, 1.82) is 0 Å². The van der Waals surface area contributed by atoms with E-state index in [0.29, 0.717) is 18.9 Å². The van der Waals surface area contributed by atoms with Crippen LogP contribution < -0.4 is 10.6 Å². The predicted octanol–water partition coefficient (Wildman–Crippen LogP) is 0.879. The molecule has 28 heavy (non-hydrogen) atoms. The molecule has 0 aromatic heterocycles. The molecule has 7 heteroatoms. The fourth-order valence-electron chi connectivity index (χ4n) is 4.81. The highest BCUT2D eigenvalue weighted by molar-refractivity contribution is 6.05. The summed E-state index contributed by atoms with van der Waals surface area (Å²) in [5.74, 6) is -0.0488. The van der Waals surface area contributed by atoms with Crippen LogP contribution in [0.1, 0.15) is 47.2 Å². The van der Waals surface area contributed by atoms with Crippen LogP contribution in [0.5, 0.6) is 0 Å². The third kappa shape index (κ3) is 3.69. The SMILES string of the molecule is CNCC1CCCN(Cc2cccc3c2C(=O)N(C2CCC(=O)NC2=O)C3)C1. The van der Waals surface area contributed by atoms with Crippen molar-refractivity contribution in [3.63, 3.8) is 0 Å². The lowest BCUT2D eigenvalue weighted by molar-refractivity contribution is -0.136. The Morgan fingerprint density at radius 1 is 1.21 bits per heavy atom. The molecule has 4 rings (SSSR count). The highest BCUT2D eigenvalue weighted by atomic mass is 16.2. The first-order chi connectivity index (χ1) is 13.6. The third-order valence-electron chi connectivity index (χ3n) is 6.13. The zero-order valence-corrected chi connectivity index (χ0v) is 16.4. The molecule has 2 unspecified atom stereocenters. The van der Waals surface area contributed by atoms with Crippen LogP contribution in [0.15, 0.2) is 18.2 Å². The number of hydrogen-bond donors (Lipinski definition) is 2. The molecule has 3 heterocycles. The number of carbonyl (C=O) groups is 3. The maximum absolute atomic E-state index is 13.2. The summed E-state index contributed by atoms with van der Waals surface area (Å²) in [6, 6.07) is 5.46. The van der Waals surface area contributed by atoms with Gasteiger partial charge < -0.3 is 10.2 Å². The Bertz CT molecular complexity index is 792. The number of rotatable bonds is 5. The van der Waals surface area contributed by atoms with Gasteiger partial charge in [0, 0.05) is 31.6 Å². The Morgan fingerprint density at radius 2 is 2.07 bits per heavy atom. The van der Waals surface area contributed by atoms with Gasteiger partial charge in [0.1, 0.15) is 6.04 Å². The Balaban J connectivity index is 1.50. The second kappa shape index (κ2) is 8.01. The number of likely N-dealkylation sites (tertiary alicyclic amines) is 1. The second-order valence-corrected chi connectivity index (χ2v) is 8.15. The van der Waals surface area contributed by atoms with Crippen LogP contribution in [0.25, 0.3) is 0 Å². The quantitative estimate of drug-likeness (QED) is 0.737. The Hall–Kier alpha value is -2.25. The average Bonchev–Trinajstić information content (AvgIpc) is 3.00. The standard InChI is InChI=1S/C21H28N4O3/c1-22-10-14-4-3-9-24(11-14)12-15-5-2-6-16-13-25(21(28)19(15)16)17-7-8-18(26)23-20(17)27/h2,5-6,14,17,22H,3-4,7-13H2,1H3,(H,23,26,27). The predicted molar refractivity (Wildman–Crippen MR) is 104 cm³/mol. The van der Waals surface area contributed by atoms with E-state index in [1.165, 1.54) is 12.8 Å². The van der Waals surface area contributed by atoms with E-state index in [9.17, 15) is 14.4 Å². The number of fused-ring (bicyclic) bond motifs is 1. The topological polar surface area (TPSA) is 81.8 Å². The largest absolute Gasteiger partial charge is 0.322 e. The normalized spacial score (nSPS) is 25.8. The number of benzene rings is 1. The summed E-state index contributed by atoms with van der Waals surface area (Å²) in [7, 11) is 1.99. The van der Waals surface area contributed by atoms with Crippen molar-refractivity contribution in [3.05, 3.63) is 34.9 Å². The zero-order valence-electron chi connectivity index (χ0n) is 16.4. The maximum atomic E-state index is 13.2. The number of nitrogens with one attached hydrogen (secondary N) is 2. The van der Waals surface area contributed by atoms with Crippen LogP contribution in [0.3, 0.4) is 0 Å². The third-order valence-corrected chi connectivity index (χ3v) is 6.13. The lowest BCUT2D eigenvalue weighted by Gasteiger charge is -2.33. The number of hydrogen-bond acceptors (Lipinski definition) is 5. The second-order valence-electron chi connectivity index (χ2n) is 8.15. The number of piperidine rings is 2. The summed E-state index contributed by atoms with van der Waals surface area (Å²) in [4.78, 5) is 40.9. The molecule has 0 radical (unpaired) electrons. The summed E-state index contributed by atoms with van der Waals surface area (Å²) in [5.41, 5.74) is 2.78. The van der Waals surface area contributed by atoms with Gasteiger partial charge in [-0.25, -0.2) is 0 Å². The van der Waals surface area contributed by atoms with Crippen molar-refractivity contribution in [1.82, 2.24) is 20.4 Å². The van der Waals surface area contributed by atoms with Crippen molar-refractivity contribution < 1.29 is 14.4 Å². The molecule has 0 saturated carbocycles. The lowest BCUT2D eigenvalue weighted by Crippen LogP contribution is -2.52. The van der Waals surface area contributed by atoms with Gasteiger partial charge in [-0.1, -0.05) is 18.2 Å². The molecule has 0 aliphatic carbocycles. The first-order valence-electron chi connectivity index (χ1n) is 10.2. The van der Waals surface area contributed by atoms with Gasteiger partial charge in [-0.15, -0.1) is 0 Å². The molecular formula is C21H28N4O3. The van der Waals surface area contributed by atoms with Gasteiger partial charge in [-0.3, -0.25) is 24.6 Å². The monoisotopic (exact) mass is 384 g/mol. The van der Waals surface area contributed by atoms with Gasteiger partial charge in [-0.05, 0) is 56.4 Å². The van der Waals surface area contributed by atoms with E-state index in [4.69, 9.17) is 0 Å². The fraction of sp³-hybridized carbons (Fsp3) is 0.571. The summed E-state index contributed by atoms with van der Waals surface area (Å²) >= 11 is 0. The molecule has 150 valence electrons. The Labute approximate surface area is 165 Å². The van der Waals surface area contributed by atoms with E-state index in [-0.39, 0.29) is 24.1 Å². The molecule has 3 aliphatic heterocycles. The van der Waals surface area contributed by atoms with Crippen molar-refractivity contribution in [2.24, 2.45) is 5.92 Å². The number of carbonyl (C=O) groups excluding carboxylic acids is 3. The van der Waals surface area contributed by atoms with Crippen LogP contribution in [0.2, 0.25) is 0 Å². The highest BCUT2D eigenvalue weighted by Gasteiger charge is 2.40. The molecule has 0 bridgehead atoms. The molecule has 3 amide bonds. The number of nitrogens with zero attached hydrogens (tertiary/aromatic N) is 2. The minimum Gasteiger partial charge on any atom is -0.322 e.